The van der Waals surface area contributed by atoms with Crippen LogP contribution in [-0.4, -0.2) is 30.4 Å². The Balaban J connectivity index is 0. The first-order valence-electron chi connectivity index (χ1n) is 9.10. The van der Waals surface area contributed by atoms with Gasteiger partial charge in [-0.15, -0.1) is 0 Å². The van der Waals surface area contributed by atoms with Crippen molar-refractivity contribution >= 4 is 10.1 Å². The van der Waals surface area contributed by atoms with Crippen LogP contribution in [0.3, 0.4) is 0 Å². The molecule has 0 heterocycles. The van der Waals surface area contributed by atoms with Gasteiger partial charge in [-0.05, 0) is 12.8 Å². The maximum Gasteiger partial charge on any atom is 1.00 e. The van der Waals surface area contributed by atoms with Gasteiger partial charge in [0.2, 0.25) is 0 Å². The zero-order valence-electron chi connectivity index (χ0n) is 15.1. The molecular weight excluding hydrogens is 339 g/mol. The van der Waals surface area contributed by atoms with Gasteiger partial charge in [-0.25, -0.2) is 8.42 Å². The fourth-order valence-electron chi connectivity index (χ4n) is 2.69. The Bertz CT molecular complexity index is 321. The van der Waals surface area contributed by atoms with E-state index in [1.807, 2.05) is 0 Å². The zero-order chi connectivity index (χ0) is 16.5. The third-order valence-corrected chi connectivity index (χ3v) is 4.84. The van der Waals surface area contributed by atoms with Crippen molar-refractivity contribution in [1.29, 1.82) is 0 Å². The number of aliphatic hydroxyl groups excluding tert-OH is 1. The largest absolute Gasteiger partial charge is 1.00 e. The molecule has 0 rings (SSSR count). The third kappa shape index (κ3) is 25.9. The van der Waals surface area contributed by atoms with E-state index in [4.69, 9.17) is 5.11 Å². The summed E-state index contributed by atoms with van der Waals surface area (Å²) in [4.78, 5) is 0. The molecule has 0 unspecified atom stereocenters. The Labute approximate surface area is 186 Å². The Kier molecular flexibility index (Phi) is 23.0. The summed E-state index contributed by atoms with van der Waals surface area (Å²) in [6.45, 7) is 0.331. The monoisotopic (exact) mass is 374 g/mol. The molecule has 0 saturated heterocycles. The molecule has 0 aliphatic carbocycles. The number of aliphatic hydroxyl groups is 1. The number of hydrogen-bond acceptors (Lipinski definition) is 4. The van der Waals surface area contributed by atoms with Crippen molar-refractivity contribution in [2.24, 2.45) is 0 Å². The number of rotatable bonds is 17. The van der Waals surface area contributed by atoms with Crippen LogP contribution in [0.5, 0.6) is 0 Å². The maximum atomic E-state index is 10.4. The van der Waals surface area contributed by atoms with Crippen molar-refractivity contribution in [3.05, 3.63) is 0 Å². The number of hydrogen-bond donors (Lipinski definition) is 1. The predicted octanol–water partition coefficient (Wildman–Crippen LogP) is 1.38. The Morgan fingerprint density at radius 3 is 1.09 bits per heavy atom. The number of unbranched alkanes of at least 4 members (excludes halogenated alkanes) is 14. The fraction of sp³-hybridized carbons (Fsp3) is 1.00. The normalized spacial score (nSPS) is 11.4. The van der Waals surface area contributed by atoms with Crippen LogP contribution in [0.15, 0.2) is 0 Å². The van der Waals surface area contributed by atoms with Gasteiger partial charge in [0.25, 0.3) is 0 Å². The Morgan fingerprint density at radius 2 is 0.826 bits per heavy atom. The molecule has 0 fully saturated rings. The Morgan fingerprint density at radius 1 is 0.565 bits per heavy atom. The van der Waals surface area contributed by atoms with Gasteiger partial charge in [-0.1, -0.05) is 83.5 Å². The summed E-state index contributed by atoms with van der Waals surface area (Å²) in [6, 6.07) is 0. The van der Waals surface area contributed by atoms with Crippen LogP contribution >= 0.6 is 0 Å². The van der Waals surface area contributed by atoms with Gasteiger partial charge < -0.3 is 9.66 Å². The van der Waals surface area contributed by atoms with Crippen LogP contribution in [0.25, 0.3) is 0 Å². The van der Waals surface area contributed by atoms with Gasteiger partial charge in [-0.3, -0.25) is 0 Å². The minimum absolute atomic E-state index is 0. The van der Waals surface area contributed by atoms with E-state index in [1.54, 1.807) is 0 Å². The average molecular weight is 375 g/mol. The van der Waals surface area contributed by atoms with E-state index in [0.29, 0.717) is 13.0 Å². The van der Waals surface area contributed by atoms with Gasteiger partial charge in [0, 0.05) is 12.4 Å². The minimum Gasteiger partial charge on any atom is -0.748 e. The second kappa shape index (κ2) is 19.8. The van der Waals surface area contributed by atoms with Gasteiger partial charge in [0.05, 0.1) is 10.1 Å². The minimum atomic E-state index is -4.00. The van der Waals surface area contributed by atoms with E-state index in [-0.39, 0.29) is 57.1 Å². The summed E-state index contributed by atoms with van der Waals surface area (Å²) in [5.74, 6) is -0.201. The molecule has 1 N–H and O–H groups in total. The molecule has 23 heavy (non-hydrogen) atoms. The second-order valence-electron chi connectivity index (χ2n) is 6.29. The van der Waals surface area contributed by atoms with Gasteiger partial charge in [-0.2, -0.15) is 0 Å². The molecule has 0 aromatic rings. The van der Waals surface area contributed by atoms with Gasteiger partial charge in [0.15, 0.2) is 0 Å². The molecule has 0 aromatic heterocycles. The molecule has 0 spiro atoms. The van der Waals surface area contributed by atoms with Gasteiger partial charge >= 0.3 is 51.4 Å². The molecule has 0 aromatic carbocycles. The van der Waals surface area contributed by atoms with Crippen LogP contribution in [0.1, 0.15) is 96.3 Å². The molecule has 4 nitrogen and oxygen atoms in total. The second-order valence-corrected chi connectivity index (χ2v) is 7.81. The molecular formula is C17H35KO4S. The van der Waals surface area contributed by atoms with Crippen molar-refractivity contribution in [3.8, 4) is 0 Å². The quantitative estimate of drug-likeness (QED) is 0.237. The van der Waals surface area contributed by atoms with Crippen LogP contribution in [0, 0.1) is 0 Å². The van der Waals surface area contributed by atoms with Crippen molar-refractivity contribution in [3.63, 3.8) is 0 Å². The third-order valence-electron chi connectivity index (χ3n) is 4.05. The fourth-order valence-corrected chi connectivity index (χ4v) is 3.25. The van der Waals surface area contributed by atoms with Crippen LogP contribution < -0.4 is 51.4 Å². The summed E-state index contributed by atoms with van der Waals surface area (Å²) in [6.07, 6.45) is 17.4. The van der Waals surface area contributed by atoms with E-state index in [0.717, 1.165) is 32.1 Å². The Hall–Kier alpha value is 1.51. The first kappa shape index (κ1) is 26.7. The van der Waals surface area contributed by atoms with E-state index in [9.17, 15) is 13.0 Å². The smallest absolute Gasteiger partial charge is 0.748 e. The first-order chi connectivity index (χ1) is 10.6. The molecule has 0 aliphatic heterocycles. The summed E-state index contributed by atoms with van der Waals surface area (Å²) >= 11 is 0. The average Bonchev–Trinajstić information content (AvgIpc) is 2.45. The zero-order valence-corrected chi connectivity index (χ0v) is 19.0. The van der Waals surface area contributed by atoms with E-state index in [2.05, 4.69) is 0 Å². The predicted molar refractivity (Wildman–Crippen MR) is 90.9 cm³/mol. The van der Waals surface area contributed by atoms with Crippen molar-refractivity contribution < 1.29 is 69.5 Å². The maximum absolute atomic E-state index is 10.4. The van der Waals surface area contributed by atoms with Crippen LogP contribution in [-0.2, 0) is 10.1 Å². The topological polar surface area (TPSA) is 77.4 Å². The summed E-state index contributed by atoms with van der Waals surface area (Å²) in [5.41, 5.74) is 0. The molecule has 0 bridgehead atoms. The molecule has 6 heteroatoms. The molecule has 0 radical (unpaired) electrons. The summed E-state index contributed by atoms with van der Waals surface area (Å²) in [5, 5.41) is 8.67. The molecule has 0 saturated carbocycles. The SMILES string of the molecule is O=S(=O)([O-])CCCCCCCCCCCCCCCCCO.[K+]. The van der Waals surface area contributed by atoms with Gasteiger partial charge in [0.1, 0.15) is 0 Å². The van der Waals surface area contributed by atoms with E-state index in [1.165, 1.54) is 57.8 Å². The van der Waals surface area contributed by atoms with Crippen molar-refractivity contribution in [2.45, 2.75) is 96.3 Å². The van der Waals surface area contributed by atoms with Crippen molar-refractivity contribution in [2.75, 3.05) is 12.4 Å². The van der Waals surface area contributed by atoms with Crippen LogP contribution in [0.2, 0.25) is 0 Å². The molecule has 134 valence electrons. The van der Waals surface area contributed by atoms with Crippen molar-refractivity contribution in [1.82, 2.24) is 0 Å². The molecule has 0 atom stereocenters. The molecule has 0 amide bonds. The standard InChI is InChI=1S/C17H36O4S.K/c18-16-14-12-10-8-6-4-2-1-3-5-7-9-11-13-15-17-22(19,20)21;/h18H,1-17H2,(H,19,20,21);/q;+1/p-1. The van der Waals surface area contributed by atoms with E-state index >= 15 is 0 Å². The summed E-state index contributed by atoms with van der Waals surface area (Å²) < 4.78 is 31.2. The first-order valence-corrected chi connectivity index (χ1v) is 10.7. The van der Waals surface area contributed by atoms with Crippen LogP contribution in [0.4, 0.5) is 0 Å². The molecule has 0 aliphatic rings. The van der Waals surface area contributed by atoms with E-state index < -0.39 is 10.1 Å². The summed E-state index contributed by atoms with van der Waals surface area (Å²) in [7, 11) is -4.00.